The molecule has 4 aromatic rings. The lowest BCUT2D eigenvalue weighted by Crippen LogP contribution is -2.33. The molecule has 0 bridgehead atoms. The van der Waals surface area contributed by atoms with Gasteiger partial charge in [-0.3, -0.25) is 9.69 Å². The summed E-state index contributed by atoms with van der Waals surface area (Å²) in [6, 6.07) is 10.1. The SMILES string of the molecule is Cc1cccc2sc(N(CCCn3ccnc3)C(=O)c3c(F)cccc3Cl)nc12. The molecular weight excluding hydrogens is 411 g/mol. The number of benzene rings is 2. The van der Waals surface area contributed by atoms with Gasteiger partial charge < -0.3 is 4.57 Å². The summed E-state index contributed by atoms with van der Waals surface area (Å²) in [6.07, 6.45) is 5.95. The highest BCUT2D eigenvalue weighted by atomic mass is 35.5. The zero-order chi connectivity index (χ0) is 20.4. The number of thiazole rings is 1. The Hall–Kier alpha value is -2.77. The number of para-hydroxylation sites is 1. The van der Waals surface area contributed by atoms with Crippen LogP contribution in [-0.4, -0.2) is 27.0 Å². The van der Waals surface area contributed by atoms with Gasteiger partial charge in [0, 0.05) is 25.5 Å². The van der Waals surface area contributed by atoms with Gasteiger partial charge in [0.15, 0.2) is 5.13 Å². The molecule has 0 aliphatic heterocycles. The first-order valence-electron chi connectivity index (χ1n) is 9.12. The monoisotopic (exact) mass is 428 g/mol. The van der Waals surface area contributed by atoms with Gasteiger partial charge in [-0.25, -0.2) is 14.4 Å². The van der Waals surface area contributed by atoms with Gasteiger partial charge in [-0.05, 0) is 37.1 Å². The highest BCUT2D eigenvalue weighted by Gasteiger charge is 2.26. The predicted molar refractivity (Wildman–Crippen MR) is 114 cm³/mol. The van der Waals surface area contributed by atoms with E-state index in [2.05, 4.69) is 9.97 Å². The highest BCUT2D eigenvalue weighted by molar-refractivity contribution is 7.22. The smallest absolute Gasteiger partial charge is 0.264 e. The molecule has 0 saturated heterocycles. The summed E-state index contributed by atoms with van der Waals surface area (Å²) >= 11 is 7.57. The van der Waals surface area contributed by atoms with Gasteiger partial charge in [-0.2, -0.15) is 0 Å². The lowest BCUT2D eigenvalue weighted by Gasteiger charge is -2.21. The van der Waals surface area contributed by atoms with Gasteiger partial charge in [0.25, 0.3) is 5.91 Å². The maximum atomic E-state index is 14.4. The largest absolute Gasteiger partial charge is 0.337 e. The first-order chi connectivity index (χ1) is 14.0. The molecule has 0 N–H and O–H groups in total. The van der Waals surface area contributed by atoms with Crippen molar-refractivity contribution in [2.24, 2.45) is 0 Å². The number of fused-ring (bicyclic) bond motifs is 1. The van der Waals surface area contributed by atoms with Crippen LogP contribution in [0.3, 0.4) is 0 Å². The van der Waals surface area contributed by atoms with Crippen LogP contribution in [-0.2, 0) is 6.54 Å². The molecule has 0 saturated carbocycles. The Bertz CT molecular complexity index is 1140. The van der Waals surface area contributed by atoms with Gasteiger partial charge in [-0.15, -0.1) is 0 Å². The van der Waals surface area contributed by atoms with E-state index in [4.69, 9.17) is 11.6 Å². The average Bonchev–Trinajstić information content (AvgIpc) is 3.35. The summed E-state index contributed by atoms with van der Waals surface area (Å²) in [5.74, 6) is -1.13. The lowest BCUT2D eigenvalue weighted by atomic mass is 10.2. The molecule has 5 nitrogen and oxygen atoms in total. The highest BCUT2D eigenvalue weighted by Crippen LogP contribution is 2.32. The molecule has 1 amide bonds. The number of carbonyl (C=O) groups is 1. The number of hydrogen-bond acceptors (Lipinski definition) is 4. The van der Waals surface area contributed by atoms with Crippen molar-refractivity contribution in [3.63, 3.8) is 0 Å². The number of aromatic nitrogens is 3. The number of nitrogens with zero attached hydrogens (tertiary/aromatic N) is 4. The Balaban J connectivity index is 1.69. The maximum absolute atomic E-state index is 14.4. The molecule has 0 unspecified atom stereocenters. The van der Waals surface area contributed by atoms with E-state index in [9.17, 15) is 9.18 Å². The van der Waals surface area contributed by atoms with Gasteiger partial charge in [0.05, 0.1) is 27.1 Å². The third-order valence-corrected chi connectivity index (χ3v) is 5.98. The van der Waals surface area contributed by atoms with Crippen LogP contribution in [0.4, 0.5) is 9.52 Å². The average molecular weight is 429 g/mol. The van der Waals surface area contributed by atoms with Crippen LogP contribution in [0, 0.1) is 12.7 Å². The van der Waals surface area contributed by atoms with Crippen molar-refractivity contribution >= 4 is 44.2 Å². The summed E-state index contributed by atoms with van der Waals surface area (Å²) in [5, 5.41) is 0.621. The van der Waals surface area contributed by atoms with E-state index in [1.165, 1.54) is 34.4 Å². The van der Waals surface area contributed by atoms with E-state index in [0.717, 1.165) is 15.8 Å². The first kappa shape index (κ1) is 19.5. The molecular formula is C21H18ClFN4OS. The number of halogens is 2. The third-order valence-electron chi connectivity index (χ3n) is 4.62. The summed E-state index contributed by atoms with van der Waals surface area (Å²) < 4.78 is 17.3. The fourth-order valence-corrected chi connectivity index (χ4v) is 4.45. The number of imidazole rings is 1. The molecule has 0 spiro atoms. The molecule has 2 heterocycles. The van der Waals surface area contributed by atoms with E-state index in [1.54, 1.807) is 12.5 Å². The molecule has 0 atom stereocenters. The second-order valence-corrected chi connectivity index (χ2v) is 8.04. The number of amides is 1. The topological polar surface area (TPSA) is 51.0 Å². The molecule has 4 rings (SSSR count). The van der Waals surface area contributed by atoms with Crippen molar-refractivity contribution in [3.05, 3.63) is 77.1 Å². The molecule has 8 heteroatoms. The van der Waals surface area contributed by atoms with Crippen molar-refractivity contribution in [3.8, 4) is 0 Å². The van der Waals surface area contributed by atoms with Crippen molar-refractivity contribution in [1.82, 2.24) is 14.5 Å². The Morgan fingerprint density at radius 3 is 2.83 bits per heavy atom. The number of anilines is 1. The van der Waals surface area contributed by atoms with Crippen LogP contribution in [0.2, 0.25) is 5.02 Å². The van der Waals surface area contributed by atoms with E-state index < -0.39 is 11.7 Å². The number of rotatable bonds is 6. The lowest BCUT2D eigenvalue weighted by molar-refractivity contribution is 0.0982. The van der Waals surface area contributed by atoms with Crippen LogP contribution in [0.15, 0.2) is 55.1 Å². The molecule has 0 aliphatic carbocycles. The summed E-state index contributed by atoms with van der Waals surface area (Å²) in [6.45, 7) is 3.03. The molecule has 2 aromatic heterocycles. The molecule has 2 aromatic carbocycles. The van der Waals surface area contributed by atoms with Crippen molar-refractivity contribution < 1.29 is 9.18 Å². The van der Waals surface area contributed by atoms with Crippen molar-refractivity contribution in [1.29, 1.82) is 0 Å². The van der Waals surface area contributed by atoms with Crippen LogP contribution in [0.25, 0.3) is 10.2 Å². The van der Waals surface area contributed by atoms with E-state index in [0.29, 0.717) is 24.6 Å². The van der Waals surface area contributed by atoms with E-state index in [-0.39, 0.29) is 10.6 Å². The number of aryl methyl sites for hydroxylation is 2. The first-order valence-corrected chi connectivity index (χ1v) is 10.3. The summed E-state index contributed by atoms with van der Waals surface area (Å²) in [4.78, 5) is 23.5. The predicted octanol–water partition coefficient (Wildman–Crippen LogP) is 5.33. The third kappa shape index (κ3) is 4.02. The zero-order valence-electron chi connectivity index (χ0n) is 15.7. The Morgan fingerprint density at radius 2 is 2.10 bits per heavy atom. The van der Waals surface area contributed by atoms with E-state index >= 15 is 0 Å². The molecule has 0 fully saturated rings. The van der Waals surface area contributed by atoms with E-state index in [1.807, 2.05) is 35.9 Å². The summed E-state index contributed by atoms with van der Waals surface area (Å²) in [5.41, 5.74) is 1.74. The number of carbonyl (C=O) groups excluding carboxylic acids is 1. The minimum atomic E-state index is -0.639. The normalized spacial score (nSPS) is 11.1. The van der Waals surface area contributed by atoms with Gasteiger partial charge in [0.1, 0.15) is 5.82 Å². The van der Waals surface area contributed by atoms with Gasteiger partial charge in [-0.1, -0.05) is 41.1 Å². The van der Waals surface area contributed by atoms with Crippen LogP contribution in [0.5, 0.6) is 0 Å². The Kier molecular flexibility index (Phi) is 5.60. The van der Waals surface area contributed by atoms with Crippen LogP contribution in [0.1, 0.15) is 22.3 Å². The second-order valence-electron chi connectivity index (χ2n) is 6.63. The molecule has 29 heavy (non-hydrogen) atoms. The van der Waals surface area contributed by atoms with Crippen molar-refractivity contribution in [2.75, 3.05) is 11.4 Å². The minimum Gasteiger partial charge on any atom is -0.337 e. The standard InChI is InChI=1S/C21H18ClFN4OS/c1-14-5-2-8-17-19(14)25-21(29-17)27(11-4-10-26-12-9-24-13-26)20(28)18-15(22)6-3-7-16(18)23/h2-3,5-9,12-13H,4,10-11H2,1H3. The maximum Gasteiger partial charge on any atom is 0.264 e. The molecule has 0 aliphatic rings. The van der Waals surface area contributed by atoms with Gasteiger partial charge in [0.2, 0.25) is 0 Å². The molecule has 0 radical (unpaired) electrons. The zero-order valence-corrected chi connectivity index (χ0v) is 17.3. The second kappa shape index (κ2) is 8.31. The fraction of sp³-hybridized carbons (Fsp3) is 0.190. The molecule has 148 valence electrons. The van der Waals surface area contributed by atoms with Crippen LogP contribution < -0.4 is 4.90 Å². The quantitative estimate of drug-likeness (QED) is 0.417. The van der Waals surface area contributed by atoms with Gasteiger partial charge >= 0.3 is 0 Å². The fourth-order valence-electron chi connectivity index (χ4n) is 3.14. The Labute approximate surface area is 176 Å². The summed E-state index contributed by atoms with van der Waals surface area (Å²) in [7, 11) is 0. The van der Waals surface area contributed by atoms with Crippen LogP contribution >= 0.6 is 22.9 Å². The Morgan fingerprint density at radius 1 is 1.28 bits per heavy atom. The minimum absolute atomic E-state index is 0.0897. The number of hydrogen-bond donors (Lipinski definition) is 0. The van der Waals surface area contributed by atoms with Crippen molar-refractivity contribution in [2.45, 2.75) is 19.9 Å².